The highest BCUT2D eigenvalue weighted by Crippen LogP contribution is 2.31. The quantitative estimate of drug-likeness (QED) is 0.830. The van der Waals surface area contributed by atoms with Crippen molar-refractivity contribution >= 4 is 9.84 Å². The fourth-order valence-electron chi connectivity index (χ4n) is 2.05. The fraction of sp³-hybridized carbons (Fsp3) is 0.455. The van der Waals surface area contributed by atoms with E-state index in [1.807, 2.05) is 19.1 Å². The molecule has 1 atom stereocenters. The molecule has 1 aromatic rings. The number of nitrogens with one attached hydrogen (secondary N) is 1. The van der Waals surface area contributed by atoms with Gasteiger partial charge in [-0.25, -0.2) is 8.42 Å². The summed E-state index contributed by atoms with van der Waals surface area (Å²) in [6.45, 7) is 2.89. The van der Waals surface area contributed by atoms with Gasteiger partial charge >= 0.3 is 0 Å². The summed E-state index contributed by atoms with van der Waals surface area (Å²) in [6.07, 6.45) is 0.674. The molecule has 0 fully saturated rings. The SMILES string of the molecule is CCNC1CCS(=O)(=O)c2ccccc21. The van der Waals surface area contributed by atoms with Crippen molar-refractivity contribution in [2.75, 3.05) is 12.3 Å². The first-order valence-corrected chi connectivity index (χ1v) is 6.85. The molecule has 0 amide bonds. The summed E-state index contributed by atoms with van der Waals surface area (Å²) >= 11 is 0. The number of rotatable bonds is 2. The van der Waals surface area contributed by atoms with E-state index in [4.69, 9.17) is 0 Å². The zero-order valence-electron chi connectivity index (χ0n) is 8.73. The first kappa shape index (κ1) is 10.6. The molecule has 1 aromatic carbocycles. The van der Waals surface area contributed by atoms with E-state index in [-0.39, 0.29) is 11.8 Å². The minimum absolute atomic E-state index is 0.190. The molecule has 2 rings (SSSR count). The van der Waals surface area contributed by atoms with Gasteiger partial charge in [0.1, 0.15) is 0 Å². The van der Waals surface area contributed by atoms with Crippen LogP contribution in [0.2, 0.25) is 0 Å². The summed E-state index contributed by atoms with van der Waals surface area (Å²) in [7, 11) is -3.03. The van der Waals surface area contributed by atoms with Crippen LogP contribution in [0.3, 0.4) is 0 Å². The summed E-state index contributed by atoms with van der Waals surface area (Å²) < 4.78 is 23.6. The van der Waals surface area contributed by atoms with Gasteiger partial charge in [0.05, 0.1) is 10.6 Å². The molecule has 0 spiro atoms. The van der Waals surface area contributed by atoms with Crippen molar-refractivity contribution in [3.63, 3.8) is 0 Å². The van der Waals surface area contributed by atoms with Gasteiger partial charge < -0.3 is 5.32 Å². The number of hydrogen-bond donors (Lipinski definition) is 1. The van der Waals surface area contributed by atoms with Crippen molar-refractivity contribution in [2.45, 2.75) is 24.3 Å². The summed E-state index contributed by atoms with van der Waals surface area (Å²) in [4.78, 5) is 0.502. The first-order chi connectivity index (χ1) is 7.15. The highest BCUT2D eigenvalue weighted by atomic mass is 32.2. The number of hydrogen-bond acceptors (Lipinski definition) is 3. The molecule has 1 heterocycles. The van der Waals surface area contributed by atoms with Crippen LogP contribution < -0.4 is 5.32 Å². The van der Waals surface area contributed by atoms with E-state index in [1.54, 1.807) is 12.1 Å². The lowest BCUT2D eigenvalue weighted by Crippen LogP contribution is -2.29. The van der Waals surface area contributed by atoms with Crippen molar-refractivity contribution in [1.82, 2.24) is 5.32 Å². The average molecular weight is 225 g/mol. The van der Waals surface area contributed by atoms with Gasteiger partial charge in [-0.05, 0) is 24.6 Å². The lowest BCUT2D eigenvalue weighted by molar-refractivity contribution is 0.505. The second-order valence-electron chi connectivity index (χ2n) is 3.76. The Labute approximate surface area is 90.4 Å². The smallest absolute Gasteiger partial charge is 0.178 e. The maximum absolute atomic E-state index is 11.8. The molecule has 1 N–H and O–H groups in total. The van der Waals surface area contributed by atoms with Gasteiger partial charge in [0.2, 0.25) is 0 Å². The second kappa shape index (κ2) is 3.94. The van der Waals surface area contributed by atoms with Crippen LogP contribution in [0, 0.1) is 0 Å². The lowest BCUT2D eigenvalue weighted by atomic mass is 10.0. The van der Waals surface area contributed by atoms with Crippen molar-refractivity contribution in [3.8, 4) is 0 Å². The van der Waals surface area contributed by atoms with E-state index in [1.165, 1.54) is 0 Å². The second-order valence-corrected chi connectivity index (χ2v) is 5.83. The third kappa shape index (κ3) is 1.92. The Hall–Kier alpha value is -0.870. The number of sulfone groups is 1. The van der Waals surface area contributed by atoms with Gasteiger partial charge in [0.15, 0.2) is 9.84 Å². The normalized spacial score (nSPS) is 23.4. The van der Waals surface area contributed by atoms with Crippen LogP contribution in [0.25, 0.3) is 0 Å². The van der Waals surface area contributed by atoms with Gasteiger partial charge in [0, 0.05) is 6.04 Å². The highest BCUT2D eigenvalue weighted by Gasteiger charge is 2.28. The van der Waals surface area contributed by atoms with Crippen LogP contribution >= 0.6 is 0 Å². The van der Waals surface area contributed by atoms with E-state index in [0.717, 1.165) is 12.1 Å². The molecule has 3 nitrogen and oxygen atoms in total. The monoisotopic (exact) mass is 225 g/mol. The minimum atomic E-state index is -3.03. The van der Waals surface area contributed by atoms with E-state index >= 15 is 0 Å². The first-order valence-electron chi connectivity index (χ1n) is 5.20. The molecule has 0 radical (unpaired) electrons. The Morgan fingerprint density at radius 1 is 1.40 bits per heavy atom. The molecule has 4 heteroatoms. The molecule has 0 saturated heterocycles. The Balaban J connectivity index is 2.49. The van der Waals surface area contributed by atoms with Crippen molar-refractivity contribution in [2.24, 2.45) is 0 Å². The van der Waals surface area contributed by atoms with Gasteiger partial charge in [-0.3, -0.25) is 0 Å². The summed E-state index contributed by atoms with van der Waals surface area (Å²) in [5.74, 6) is 0.252. The topological polar surface area (TPSA) is 46.2 Å². The van der Waals surface area contributed by atoms with Crippen molar-refractivity contribution < 1.29 is 8.42 Å². The molecule has 1 unspecified atom stereocenters. The van der Waals surface area contributed by atoms with E-state index < -0.39 is 9.84 Å². The highest BCUT2D eigenvalue weighted by molar-refractivity contribution is 7.91. The molecule has 1 aliphatic rings. The van der Waals surface area contributed by atoms with Crippen molar-refractivity contribution in [3.05, 3.63) is 29.8 Å². The van der Waals surface area contributed by atoms with E-state index in [2.05, 4.69) is 5.32 Å². The largest absolute Gasteiger partial charge is 0.310 e. The lowest BCUT2D eigenvalue weighted by Gasteiger charge is -2.25. The Bertz CT molecular complexity index is 453. The van der Waals surface area contributed by atoms with Crippen LogP contribution in [0.1, 0.15) is 24.9 Å². The molecular weight excluding hydrogens is 210 g/mol. The third-order valence-corrected chi connectivity index (χ3v) is 4.57. The Morgan fingerprint density at radius 2 is 2.13 bits per heavy atom. The summed E-state index contributed by atoms with van der Waals surface area (Å²) in [6, 6.07) is 7.47. The molecule has 15 heavy (non-hydrogen) atoms. The molecule has 0 aliphatic carbocycles. The van der Waals surface area contributed by atoms with Crippen LogP contribution in [-0.2, 0) is 9.84 Å². The van der Waals surface area contributed by atoms with Crippen molar-refractivity contribution in [1.29, 1.82) is 0 Å². The molecular formula is C11H15NO2S. The van der Waals surface area contributed by atoms with Gasteiger partial charge in [0.25, 0.3) is 0 Å². The minimum Gasteiger partial charge on any atom is -0.310 e. The fourth-order valence-corrected chi connectivity index (χ4v) is 3.67. The molecule has 0 bridgehead atoms. The zero-order chi connectivity index (χ0) is 10.9. The van der Waals surface area contributed by atoms with E-state index in [9.17, 15) is 8.42 Å². The third-order valence-electron chi connectivity index (χ3n) is 2.76. The average Bonchev–Trinajstić information content (AvgIpc) is 2.23. The van der Waals surface area contributed by atoms with Gasteiger partial charge in [-0.15, -0.1) is 0 Å². The van der Waals surface area contributed by atoms with Crippen LogP contribution in [-0.4, -0.2) is 20.7 Å². The summed E-state index contributed by atoms with van der Waals surface area (Å²) in [5, 5.41) is 3.31. The standard InChI is InChI=1S/C11H15NO2S/c1-2-12-10-7-8-15(13,14)11-6-4-3-5-9(10)11/h3-6,10,12H,2,7-8H2,1H3. The predicted octanol–water partition coefficient (Wildman–Crippen LogP) is 1.51. The maximum Gasteiger partial charge on any atom is 0.178 e. The molecule has 1 aliphatic heterocycles. The van der Waals surface area contributed by atoms with E-state index in [0.29, 0.717) is 11.3 Å². The van der Waals surface area contributed by atoms with Crippen LogP contribution in [0.5, 0.6) is 0 Å². The zero-order valence-corrected chi connectivity index (χ0v) is 9.55. The Morgan fingerprint density at radius 3 is 2.87 bits per heavy atom. The molecule has 0 saturated carbocycles. The Kier molecular flexibility index (Phi) is 2.80. The molecule has 0 aromatic heterocycles. The molecule has 82 valence electrons. The number of fused-ring (bicyclic) bond motifs is 1. The van der Waals surface area contributed by atoms with Gasteiger partial charge in [-0.2, -0.15) is 0 Å². The maximum atomic E-state index is 11.8. The summed E-state index contributed by atoms with van der Waals surface area (Å²) in [5.41, 5.74) is 0.922. The predicted molar refractivity (Wildman–Crippen MR) is 59.5 cm³/mol. The number of benzene rings is 1. The van der Waals surface area contributed by atoms with Gasteiger partial charge in [-0.1, -0.05) is 25.1 Å². The van der Waals surface area contributed by atoms with Crippen LogP contribution in [0.4, 0.5) is 0 Å². The van der Waals surface area contributed by atoms with Crippen LogP contribution in [0.15, 0.2) is 29.2 Å².